The smallest absolute Gasteiger partial charge is 0.358 e. The lowest BCUT2D eigenvalue weighted by atomic mass is 10.0. The van der Waals surface area contributed by atoms with Gasteiger partial charge in [0, 0.05) is 6.04 Å². The minimum atomic E-state index is -0.550. The molecule has 0 amide bonds. The molecule has 1 saturated heterocycles. The Morgan fingerprint density at radius 2 is 2.39 bits per heavy atom. The van der Waals surface area contributed by atoms with Crippen LogP contribution >= 0.6 is 11.6 Å². The average molecular weight is 273 g/mol. The lowest BCUT2D eigenvalue weighted by Crippen LogP contribution is -2.36. The molecule has 0 bridgehead atoms. The summed E-state index contributed by atoms with van der Waals surface area (Å²) < 4.78 is 1.57. The van der Waals surface area contributed by atoms with Gasteiger partial charge in [0.25, 0.3) is 0 Å². The van der Waals surface area contributed by atoms with Crippen LogP contribution in [0.15, 0.2) is 6.20 Å². The van der Waals surface area contributed by atoms with E-state index in [1.807, 2.05) is 0 Å². The van der Waals surface area contributed by atoms with Gasteiger partial charge in [0.05, 0.1) is 17.8 Å². The van der Waals surface area contributed by atoms with E-state index in [4.69, 9.17) is 11.6 Å². The second-order valence-corrected chi connectivity index (χ2v) is 5.15. The van der Waals surface area contributed by atoms with Crippen molar-refractivity contribution in [2.24, 2.45) is 0 Å². The summed E-state index contributed by atoms with van der Waals surface area (Å²) in [6.45, 7) is 1.80. The molecule has 1 aromatic heterocycles. The van der Waals surface area contributed by atoms with Crippen LogP contribution in [0.3, 0.4) is 0 Å². The van der Waals surface area contributed by atoms with Gasteiger partial charge in [0.1, 0.15) is 0 Å². The maximum absolute atomic E-state index is 10.6. The van der Waals surface area contributed by atoms with E-state index in [1.165, 1.54) is 25.5 Å². The largest absolute Gasteiger partial charge is 0.408 e. The quantitative estimate of drug-likeness (QED) is 0.623. The van der Waals surface area contributed by atoms with Crippen molar-refractivity contribution in [1.82, 2.24) is 14.7 Å². The average Bonchev–Trinajstić information content (AvgIpc) is 2.70. The van der Waals surface area contributed by atoms with Crippen LogP contribution in [0.25, 0.3) is 0 Å². The molecular weight excluding hydrogens is 256 g/mol. The van der Waals surface area contributed by atoms with Crippen LogP contribution in [-0.2, 0) is 6.54 Å². The molecule has 2 heterocycles. The lowest BCUT2D eigenvalue weighted by Gasteiger charge is -2.32. The second kappa shape index (κ2) is 5.67. The number of aryl methyl sites for hydroxylation is 1. The van der Waals surface area contributed by atoms with Gasteiger partial charge in [-0.15, -0.1) is 0 Å². The van der Waals surface area contributed by atoms with E-state index in [0.717, 1.165) is 13.0 Å². The molecule has 0 saturated carbocycles. The van der Waals surface area contributed by atoms with Crippen molar-refractivity contribution >= 4 is 17.4 Å². The molecule has 18 heavy (non-hydrogen) atoms. The Kier molecular flexibility index (Phi) is 4.19. The van der Waals surface area contributed by atoms with E-state index in [-0.39, 0.29) is 10.8 Å². The highest BCUT2D eigenvalue weighted by atomic mass is 35.5. The van der Waals surface area contributed by atoms with Gasteiger partial charge in [-0.1, -0.05) is 18.0 Å². The highest BCUT2D eigenvalue weighted by Crippen LogP contribution is 2.23. The number of halogens is 1. The molecule has 0 N–H and O–H groups in total. The Morgan fingerprint density at radius 3 is 3.00 bits per heavy atom. The van der Waals surface area contributed by atoms with Crippen LogP contribution in [0.5, 0.6) is 0 Å². The molecule has 0 aliphatic carbocycles. The first-order valence-electron chi connectivity index (χ1n) is 6.15. The maximum Gasteiger partial charge on any atom is 0.408 e. The highest BCUT2D eigenvalue weighted by Gasteiger charge is 2.22. The number of nitrogens with zero attached hydrogens (tertiary/aromatic N) is 4. The number of aromatic nitrogens is 2. The molecule has 2 rings (SSSR count). The molecule has 1 fully saturated rings. The Bertz CT molecular complexity index is 435. The van der Waals surface area contributed by atoms with E-state index in [1.54, 1.807) is 4.68 Å². The number of nitro groups is 1. The van der Waals surface area contributed by atoms with Gasteiger partial charge >= 0.3 is 5.82 Å². The zero-order valence-corrected chi connectivity index (χ0v) is 11.1. The second-order valence-electron chi connectivity index (χ2n) is 4.74. The fourth-order valence-corrected chi connectivity index (χ4v) is 2.63. The van der Waals surface area contributed by atoms with Gasteiger partial charge in [-0.25, -0.2) is 0 Å². The van der Waals surface area contributed by atoms with Gasteiger partial charge < -0.3 is 15.0 Å². The zero-order valence-electron chi connectivity index (χ0n) is 10.4. The third-order valence-corrected chi connectivity index (χ3v) is 3.75. The Hall–Kier alpha value is -1.14. The summed E-state index contributed by atoms with van der Waals surface area (Å²) in [5, 5.41) is 14.6. The van der Waals surface area contributed by atoms with Crippen LogP contribution in [0, 0.1) is 10.1 Å². The first-order valence-corrected chi connectivity index (χ1v) is 6.53. The number of likely N-dealkylation sites (tertiary alicyclic amines) is 1. The molecule has 7 heteroatoms. The number of hydrogen-bond acceptors (Lipinski definition) is 4. The molecule has 0 aromatic carbocycles. The normalized spacial score (nSPS) is 21.1. The van der Waals surface area contributed by atoms with Crippen molar-refractivity contribution < 1.29 is 4.92 Å². The van der Waals surface area contributed by atoms with E-state index in [0.29, 0.717) is 12.6 Å². The third-order valence-electron chi connectivity index (χ3n) is 3.49. The van der Waals surface area contributed by atoms with Gasteiger partial charge in [-0.3, -0.25) is 0 Å². The van der Waals surface area contributed by atoms with Crippen LogP contribution in [0.2, 0.25) is 5.02 Å². The number of piperidine rings is 1. The summed E-state index contributed by atoms with van der Waals surface area (Å²) in [5.74, 6) is -0.256. The van der Waals surface area contributed by atoms with Gasteiger partial charge in [0.2, 0.25) is 0 Å². The van der Waals surface area contributed by atoms with E-state index >= 15 is 0 Å². The topological polar surface area (TPSA) is 64.2 Å². The number of rotatable bonds is 4. The predicted molar refractivity (Wildman–Crippen MR) is 68.8 cm³/mol. The van der Waals surface area contributed by atoms with Crippen LogP contribution in [-0.4, -0.2) is 39.2 Å². The van der Waals surface area contributed by atoms with E-state index in [2.05, 4.69) is 17.0 Å². The Morgan fingerprint density at radius 1 is 1.61 bits per heavy atom. The fraction of sp³-hybridized carbons (Fsp3) is 0.727. The van der Waals surface area contributed by atoms with Crippen molar-refractivity contribution in [1.29, 1.82) is 0 Å². The van der Waals surface area contributed by atoms with Crippen molar-refractivity contribution in [3.05, 3.63) is 21.3 Å². The van der Waals surface area contributed by atoms with Crippen LogP contribution in [0.4, 0.5) is 5.82 Å². The first kappa shape index (κ1) is 13.3. The minimum Gasteiger partial charge on any atom is -0.358 e. The van der Waals surface area contributed by atoms with Crippen molar-refractivity contribution in [2.45, 2.75) is 38.3 Å². The molecule has 0 radical (unpaired) electrons. The van der Waals surface area contributed by atoms with Crippen molar-refractivity contribution in [3.63, 3.8) is 0 Å². The zero-order chi connectivity index (χ0) is 13.1. The van der Waals surface area contributed by atoms with Gasteiger partial charge in [0.15, 0.2) is 5.02 Å². The summed E-state index contributed by atoms with van der Waals surface area (Å²) in [7, 11) is 2.13. The summed E-state index contributed by atoms with van der Waals surface area (Å²) in [6, 6.07) is 0.542. The SMILES string of the molecule is CN1CCCCC1CCn1cc(Cl)c([N+](=O)[O-])n1. The molecule has 1 aliphatic heterocycles. The summed E-state index contributed by atoms with van der Waals surface area (Å²) in [4.78, 5) is 12.4. The third kappa shape index (κ3) is 3.00. The standard InChI is InChI=1S/C11H17ClN4O2/c1-14-6-3-2-4-9(14)5-7-15-8-10(12)11(13-15)16(17)18/h8-9H,2-7H2,1H3. The minimum absolute atomic E-state index is 0.108. The Balaban J connectivity index is 1.93. The lowest BCUT2D eigenvalue weighted by molar-refractivity contribution is -0.389. The highest BCUT2D eigenvalue weighted by molar-refractivity contribution is 6.32. The van der Waals surface area contributed by atoms with Crippen molar-refractivity contribution in [2.75, 3.05) is 13.6 Å². The first-order chi connectivity index (χ1) is 8.58. The molecule has 100 valence electrons. The fourth-order valence-electron chi connectivity index (χ4n) is 2.42. The molecule has 0 spiro atoms. The molecule has 1 aliphatic rings. The van der Waals surface area contributed by atoms with Crippen molar-refractivity contribution in [3.8, 4) is 0 Å². The van der Waals surface area contributed by atoms with Gasteiger partial charge in [-0.05, 0) is 37.8 Å². The molecule has 6 nitrogen and oxygen atoms in total. The van der Waals surface area contributed by atoms with Crippen LogP contribution < -0.4 is 0 Å². The molecular formula is C11H17ClN4O2. The summed E-state index contributed by atoms with van der Waals surface area (Å²) in [6.07, 6.45) is 6.18. The number of hydrogen-bond donors (Lipinski definition) is 0. The monoisotopic (exact) mass is 272 g/mol. The van der Waals surface area contributed by atoms with Crippen LogP contribution in [0.1, 0.15) is 25.7 Å². The predicted octanol–water partition coefficient (Wildman–Crippen LogP) is 2.32. The van der Waals surface area contributed by atoms with Gasteiger partial charge in [-0.2, -0.15) is 4.68 Å². The molecule has 1 unspecified atom stereocenters. The summed E-state index contributed by atoms with van der Waals surface area (Å²) in [5.41, 5.74) is 0. The summed E-state index contributed by atoms with van der Waals surface area (Å²) >= 11 is 5.75. The van der Waals surface area contributed by atoms with E-state index < -0.39 is 4.92 Å². The molecule has 1 aromatic rings. The maximum atomic E-state index is 10.6. The molecule has 1 atom stereocenters. The Labute approximate surface area is 111 Å². The van der Waals surface area contributed by atoms with E-state index in [9.17, 15) is 10.1 Å².